The molecular weight excluding hydrogens is 334 g/mol. The Balaban J connectivity index is 1.98. The predicted octanol–water partition coefficient (Wildman–Crippen LogP) is 4.61. The van der Waals surface area contributed by atoms with Gasteiger partial charge in [0.25, 0.3) is 0 Å². The Kier molecular flexibility index (Phi) is 5.57. The normalized spacial score (nSPS) is 23.2. The fourth-order valence-electron chi connectivity index (χ4n) is 2.15. The molecule has 0 saturated carbocycles. The van der Waals surface area contributed by atoms with Gasteiger partial charge < -0.3 is 10.1 Å². The first-order chi connectivity index (χ1) is 9.35. The van der Waals surface area contributed by atoms with Gasteiger partial charge in [0.05, 0.1) is 6.10 Å². The van der Waals surface area contributed by atoms with Crippen LogP contribution in [0.2, 0.25) is 0 Å². The van der Waals surface area contributed by atoms with Crippen LogP contribution in [0, 0.1) is 0 Å². The Morgan fingerprint density at radius 2 is 2.15 bits per heavy atom. The maximum atomic E-state index is 5.63. The second kappa shape index (κ2) is 6.82. The summed E-state index contributed by atoms with van der Waals surface area (Å²) in [5, 5.41) is 4.11. The van der Waals surface area contributed by atoms with Crippen molar-refractivity contribution in [1.29, 1.82) is 0 Å². The molecular formula is C16H24BrNOS. The van der Waals surface area contributed by atoms with Crippen molar-refractivity contribution in [3.8, 4) is 0 Å². The molecule has 0 radical (unpaired) electrons. The molecule has 2 nitrogen and oxygen atoms in total. The summed E-state index contributed by atoms with van der Waals surface area (Å²) in [7, 11) is 0. The molecule has 2 unspecified atom stereocenters. The van der Waals surface area contributed by atoms with Crippen molar-refractivity contribution < 1.29 is 4.74 Å². The van der Waals surface area contributed by atoms with Crippen molar-refractivity contribution in [2.75, 3.05) is 6.61 Å². The van der Waals surface area contributed by atoms with Gasteiger partial charge in [0.15, 0.2) is 0 Å². The number of halogens is 1. The molecule has 1 aliphatic rings. The largest absolute Gasteiger partial charge is 0.377 e. The third-order valence-electron chi connectivity index (χ3n) is 3.43. The van der Waals surface area contributed by atoms with Gasteiger partial charge in [0, 0.05) is 33.3 Å². The van der Waals surface area contributed by atoms with Crippen LogP contribution in [0.15, 0.2) is 27.6 Å². The molecule has 1 N–H and O–H groups in total. The average molecular weight is 358 g/mol. The molecule has 1 fully saturated rings. The van der Waals surface area contributed by atoms with Crippen LogP contribution >= 0.6 is 27.7 Å². The molecule has 0 bridgehead atoms. The summed E-state index contributed by atoms with van der Waals surface area (Å²) >= 11 is 5.63. The number of thioether (sulfide) groups is 1. The lowest BCUT2D eigenvalue weighted by Crippen LogP contribution is -2.35. The van der Waals surface area contributed by atoms with Crippen molar-refractivity contribution in [2.24, 2.45) is 0 Å². The first kappa shape index (κ1) is 16.3. The Morgan fingerprint density at radius 1 is 1.40 bits per heavy atom. The van der Waals surface area contributed by atoms with E-state index >= 15 is 0 Å². The Morgan fingerprint density at radius 3 is 2.70 bits per heavy atom. The molecule has 0 amide bonds. The van der Waals surface area contributed by atoms with Crippen molar-refractivity contribution in [3.05, 3.63) is 28.2 Å². The van der Waals surface area contributed by atoms with E-state index in [1.807, 2.05) is 11.8 Å². The molecule has 1 aromatic rings. The third-order valence-corrected chi connectivity index (χ3v) is 5.61. The SMILES string of the molecule is CC1OCCC1Sc1ccc(CNC(C)(C)C)c(Br)c1. The van der Waals surface area contributed by atoms with Gasteiger partial charge in [-0.25, -0.2) is 0 Å². The lowest BCUT2D eigenvalue weighted by atomic mass is 10.1. The lowest BCUT2D eigenvalue weighted by molar-refractivity contribution is 0.127. The summed E-state index contributed by atoms with van der Waals surface area (Å²) in [5.74, 6) is 0. The van der Waals surface area contributed by atoms with Crippen LogP contribution in [0.3, 0.4) is 0 Å². The van der Waals surface area contributed by atoms with E-state index < -0.39 is 0 Å². The first-order valence-corrected chi connectivity index (χ1v) is 8.84. The first-order valence-electron chi connectivity index (χ1n) is 7.17. The van der Waals surface area contributed by atoms with Gasteiger partial charge in [-0.15, -0.1) is 11.8 Å². The molecule has 112 valence electrons. The van der Waals surface area contributed by atoms with Crippen molar-refractivity contribution in [3.63, 3.8) is 0 Å². The zero-order chi connectivity index (χ0) is 14.8. The molecule has 0 aliphatic carbocycles. The molecule has 1 aromatic carbocycles. The van der Waals surface area contributed by atoms with Gasteiger partial charge in [0.2, 0.25) is 0 Å². The number of rotatable bonds is 4. The molecule has 1 heterocycles. The monoisotopic (exact) mass is 357 g/mol. The van der Waals surface area contributed by atoms with Gasteiger partial charge in [-0.1, -0.05) is 22.0 Å². The fraction of sp³-hybridized carbons (Fsp3) is 0.625. The Bertz CT molecular complexity index is 458. The zero-order valence-electron chi connectivity index (χ0n) is 12.7. The quantitative estimate of drug-likeness (QED) is 0.850. The minimum atomic E-state index is 0.142. The number of hydrogen-bond acceptors (Lipinski definition) is 3. The van der Waals surface area contributed by atoms with Crippen LogP contribution in [0.25, 0.3) is 0 Å². The van der Waals surface area contributed by atoms with Crippen molar-refractivity contribution in [2.45, 2.75) is 62.4 Å². The molecule has 20 heavy (non-hydrogen) atoms. The van der Waals surface area contributed by atoms with E-state index in [2.05, 4.69) is 67.1 Å². The van der Waals surface area contributed by atoms with E-state index in [9.17, 15) is 0 Å². The van der Waals surface area contributed by atoms with Crippen LogP contribution in [-0.4, -0.2) is 23.5 Å². The summed E-state index contributed by atoms with van der Waals surface area (Å²) in [6.07, 6.45) is 1.51. The predicted molar refractivity (Wildman–Crippen MR) is 90.4 cm³/mol. The molecule has 1 saturated heterocycles. The van der Waals surface area contributed by atoms with Crippen LogP contribution in [0.1, 0.15) is 39.7 Å². The van der Waals surface area contributed by atoms with E-state index in [0.717, 1.165) is 19.6 Å². The van der Waals surface area contributed by atoms with Crippen molar-refractivity contribution in [1.82, 2.24) is 5.32 Å². The Hall–Kier alpha value is -0.0300. The molecule has 0 aromatic heterocycles. The smallest absolute Gasteiger partial charge is 0.0669 e. The van der Waals surface area contributed by atoms with Gasteiger partial charge in [-0.05, 0) is 51.8 Å². The summed E-state index contributed by atoms with van der Waals surface area (Å²) in [4.78, 5) is 1.32. The molecule has 2 rings (SSSR count). The molecule has 4 heteroatoms. The van der Waals surface area contributed by atoms with Gasteiger partial charge >= 0.3 is 0 Å². The highest BCUT2D eigenvalue weighted by Gasteiger charge is 2.25. The highest BCUT2D eigenvalue weighted by molar-refractivity contribution is 9.10. The van der Waals surface area contributed by atoms with E-state index in [4.69, 9.17) is 4.74 Å². The van der Waals surface area contributed by atoms with Crippen LogP contribution < -0.4 is 5.32 Å². The number of benzene rings is 1. The second-order valence-electron chi connectivity index (χ2n) is 6.38. The minimum absolute atomic E-state index is 0.142. The highest BCUT2D eigenvalue weighted by Crippen LogP contribution is 2.34. The zero-order valence-corrected chi connectivity index (χ0v) is 15.1. The fourth-order valence-corrected chi connectivity index (χ4v) is 3.98. The average Bonchev–Trinajstić information content (AvgIpc) is 2.73. The van der Waals surface area contributed by atoms with Gasteiger partial charge in [0.1, 0.15) is 0 Å². The van der Waals surface area contributed by atoms with E-state index in [1.54, 1.807) is 0 Å². The van der Waals surface area contributed by atoms with Gasteiger partial charge in [-0.2, -0.15) is 0 Å². The summed E-state index contributed by atoms with van der Waals surface area (Å²) in [6.45, 7) is 10.5. The topological polar surface area (TPSA) is 21.3 Å². The maximum absolute atomic E-state index is 5.63. The van der Waals surface area contributed by atoms with Crippen molar-refractivity contribution >= 4 is 27.7 Å². The van der Waals surface area contributed by atoms with Gasteiger partial charge in [-0.3, -0.25) is 0 Å². The minimum Gasteiger partial charge on any atom is -0.377 e. The molecule has 2 atom stereocenters. The van der Waals surface area contributed by atoms with E-state index in [-0.39, 0.29) is 5.54 Å². The lowest BCUT2D eigenvalue weighted by Gasteiger charge is -2.21. The highest BCUT2D eigenvalue weighted by atomic mass is 79.9. The maximum Gasteiger partial charge on any atom is 0.0669 e. The van der Waals surface area contributed by atoms with Crippen LogP contribution in [0.4, 0.5) is 0 Å². The number of nitrogens with one attached hydrogen (secondary N) is 1. The number of hydrogen-bond donors (Lipinski definition) is 1. The number of ether oxygens (including phenoxy) is 1. The summed E-state index contributed by atoms with van der Waals surface area (Å²) in [6, 6.07) is 6.67. The van der Waals surface area contributed by atoms with E-state index in [1.165, 1.54) is 14.9 Å². The molecule has 1 aliphatic heterocycles. The summed E-state index contributed by atoms with van der Waals surface area (Å²) < 4.78 is 6.81. The van der Waals surface area contributed by atoms with Crippen LogP contribution in [-0.2, 0) is 11.3 Å². The molecule has 0 spiro atoms. The van der Waals surface area contributed by atoms with E-state index in [0.29, 0.717) is 11.4 Å². The third kappa shape index (κ3) is 4.76. The standard InChI is InChI=1S/C16H24BrNOS/c1-11-15(7-8-19-11)20-13-6-5-12(14(17)9-13)10-18-16(2,3)4/h5-6,9,11,15,18H,7-8,10H2,1-4H3. The second-order valence-corrected chi connectivity index (χ2v) is 8.54. The Labute approximate surface area is 135 Å². The summed E-state index contributed by atoms with van der Waals surface area (Å²) in [5.41, 5.74) is 1.45. The van der Waals surface area contributed by atoms with Crippen LogP contribution in [0.5, 0.6) is 0 Å².